The number of amides is 1. The summed E-state index contributed by atoms with van der Waals surface area (Å²) in [4.78, 5) is 29.2. The van der Waals surface area contributed by atoms with Gasteiger partial charge in [-0.25, -0.2) is 0 Å². The molecule has 1 saturated heterocycles. The number of aliphatic carboxylic acids is 1. The zero-order valence-electron chi connectivity index (χ0n) is 11.5. The van der Waals surface area contributed by atoms with Crippen molar-refractivity contribution in [2.45, 2.75) is 12.8 Å². The number of aromatic nitrogens is 1. The third kappa shape index (κ3) is 2.72. The molecule has 5 heteroatoms. The van der Waals surface area contributed by atoms with E-state index in [0.29, 0.717) is 31.5 Å². The number of nitrogens with zero attached hydrogens (tertiary/aromatic N) is 2. The Bertz CT molecular complexity index is 691. The molecule has 0 radical (unpaired) electrons. The SMILES string of the molecule is O=C(O)C1CCN(C(=O)c2ccc3ccncc3c2)CC1. The molecule has 108 valence electrons. The number of hydrogen-bond donors (Lipinski definition) is 1. The Kier molecular flexibility index (Phi) is 3.56. The lowest BCUT2D eigenvalue weighted by Crippen LogP contribution is -2.40. The van der Waals surface area contributed by atoms with Crippen molar-refractivity contribution in [3.8, 4) is 0 Å². The second kappa shape index (κ2) is 5.52. The van der Waals surface area contributed by atoms with Gasteiger partial charge in [0, 0.05) is 36.4 Å². The molecule has 1 aromatic heterocycles. The number of likely N-dealkylation sites (tertiary alicyclic amines) is 1. The van der Waals surface area contributed by atoms with Crippen LogP contribution >= 0.6 is 0 Å². The van der Waals surface area contributed by atoms with Crippen molar-refractivity contribution in [3.63, 3.8) is 0 Å². The molecule has 1 aliphatic rings. The Labute approximate surface area is 122 Å². The van der Waals surface area contributed by atoms with Crippen molar-refractivity contribution >= 4 is 22.6 Å². The van der Waals surface area contributed by atoms with E-state index in [4.69, 9.17) is 5.11 Å². The average molecular weight is 284 g/mol. The van der Waals surface area contributed by atoms with Crippen LogP contribution in [0.4, 0.5) is 0 Å². The number of rotatable bonds is 2. The summed E-state index contributed by atoms with van der Waals surface area (Å²) in [5.41, 5.74) is 0.629. The molecule has 21 heavy (non-hydrogen) atoms. The largest absolute Gasteiger partial charge is 0.481 e. The van der Waals surface area contributed by atoms with E-state index in [1.54, 1.807) is 17.3 Å². The second-order valence-electron chi connectivity index (χ2n) is 5.34. The van der Waals surface area contributed by atoms with Gasteiger partial charge in [-0.1, -0.05) is 6.07 Å². The third-order valence-electron chi connectivity index (χ3n) is 4.02. The predicted molar refractivity (Wildman–Crippen MR) is 78.0 cm³/mol. The number of carbonyl (C=O) groups is 2. The number of carboxylic acid groups (broad SMARTS) is 1. The third-order valence-corrected chi connectivity index (χ3v) is 4.02. The van der Waals surface area contributed by atoms with Crippen LogP contribution in [0.25, 0.3) is 10.8 Å². The maximum absolute atomic E-state index is 12.5. The summed E-state index contributed by atoms with van der Waals surface area (Å²) in [6.07, 6.45) is 4.51. The summed E-state index contributed by atoms with van der Waals surface area (Å²) in [5, 5.41) is 11.0. The minimum Gasteiger partial charge on any atom is -0.481 e. The summed E-state index contributed by atoms with van der Waals surface area (Å²) in [6, 6.07) is 7.47. The van der Waals surface area contributed by atoms with Crippen LogP contribution in [0.1, 0.15) is 23.2 Å². The first-order chi connectivity index (χ1) is 10.1. The zero-order valence-corrected chi connectivity index (χ0v) is 11.5. The maximum atomic E-state index is 12.5. The summed E-state index contributed by atoms with van der Waals surface area (Å²) in [6.45, 7) is 1.00. The van der Waals surface area contributed by atoms with Crippen molar-refractivity contribution in [1.29, 1.82) is 0 Å². The first-order valence-corrected chi connectivity index (χ1v) is 7.01. The van der Waals surface area contributed by atoms with E-state index >= 15 is 0 Å². The van der Waals surface area contributed by atoms with E-state index in [1.165, 1.54) is 0 Å². The molecular formula is C16H16N2O3. The summed E-state index contributed by atoms with van der Waals surface area (Å²) in [5.74, 6) is -1.13. The van der Waals surface area contributed by atoms with Gasteiger partial charge in [-0.2, -0.15) is 0 Å². The summed E-state index contributed by atoms with van der Waals surface area (Å²) >= 11 is 0. The molecule has 5 nitrogen and oxygen atoms in total. The highest BCUT2D eigenvalue weighted by molar-refractivity contribution is 5.98. The number of hydrogen-bond acceptors (Lipinski definition) is 3. The number of carbonyl (C=O) groups excluding carboxylic acids is 1. The zero-order chi connectivity index (χ0) is 14.8. The van der Waals surface area contributed by atoms with Crippen LogP contribution in [0, 0.1) is 5.92 Å². The fourth-order valence-corrected chi connectivity index (χ4v) is 2.73. The number of pyridine rings is 1. The minimum atomic E-state index is -0.765. The Morgan fingerprint density at radius 3 is 2.62 bits per heavy atom. The van der Waals surface area contributed by atoms with Crippen molar-refractivity contribution in [1.82, 2.24) is 9.88 Å². The molecule has 1 aliphatic heterocycles. The molecule has 2 heterocycles. The normalized spacial score (nSPS) is 16.1. The smallest absolute Gasteiger partial charge is 0.306 e. The Morgan fingerprint density at radius 1 is 1.14 bits per heavy atom. The fraction of sp³-hybridized carbons (Fsp3) is 0.312. The van der Waals surface area contributed by atoms with Crippen molar-refractivity contribution in [2.75, 3.05) is 13.1 Å². The molecule has 1 amide bonds. The summed E-state index contributed by atoms with van der Waals surface area (Å²) < 4.78 is 0. The standard InChI is InChI=1S/C16H16N2O3/c19-15(18-7-4-12(5-8-18)16(20)21)13-2-1-11-3-6-17-10-14(11)9-13/h1-3,6,9-10,12H,4-5,7-8H2,(H,20,21). The van der Waals surface area contributed by atoms with Gasteiger partial charge in [0.25, 0.3) is 5.91 Å². The average Bonchev–Trinajstić information content (AvgIpc) is 2.54. The van der Waals surface area contributed by atoms with E-state index in [1.807, 2.05) is 24.3 Å². The van der Waals surface area contributed by atoms with Gasteiger partial charge in [0.15, 0.2) is 0 Å². The topological polar surface area (TPSA) is 70.5 Å². The van der Waals surface area contributed by atoms with E-state index in [9.17, 15) is 9.59 Å². The fourth-order valence-electron chi connectivity index (χ4n) is 2.73. The highest BCUT2D eigenvalue weighted by Crippen LogP contribution is 2.21. The molecular weight excluding hydrogens is 268 g/mol. The maximum Gasteiger partial charge on any atom is 0.306 e. The number of benzene rings is 1. The van der Waals surface area contributed by atoms with Gasteiger partial charge in [0.05, 0.1) is 5.92 Å². The van der Waals surface area contributed by atoms with Gasteiger partial charge in [-0.15, -0.1) is 0 Å². The molecule has 1 aromatic carbocycles. The van der Waals surface area contributed by atoms with Crippen molar-refractivity contribution < 1.29 is 14.7 Å². The van der Waals surface area contributed by atoms with Crippen LogP contribution in [-0.4, -0.2) is 40.0 Å². The van der Waals surface area contributed by atoms with Crippen LogP contribution < -0.4 is 0 Å². The van der Waals surface area contributed by atoms with E-state index in [-0.39, 0.29) is 11.8 Å². The van der Waals surface area contributed by atoms with Gasteiger partial charge in [0.1, 0.15) is 0 Å². The lowest BCUT2D eigenvalue weighted by atomic mass is 9.96. The predicted octanol–water partition coefficient (Wildman–Crippen LogP) is 2.17. The van der Waals surface area contributed by atoms with Gasteiger partial charge in [-0.3, -0.25) is 14.6 Å². The summed E-state index contributed by atoms with van der Waals surface area (Å²) in [7, 11) is 0. The molecule has 0 unspecified atom stereocenters. The lowest BCUT2D eigenvalue weighted by Gasteiger charge is -2.30. The highest BCUT2D eigenvalue weighted by atomic mass is 16.4. The molecule has 0 bridgehead atoms. The van der Waals surface area contributed by atoms with Crippen LogP contribution in [0.5, 0.6) is 0 Å². The second-order valence-corrected chi connectivity index (χ2v) is 5.34. The Morgan fingerprint density at radius 2 is 1.90 bits per heavy atom. The number of carboxylic acids is 1. The van der Waals surface area contributed by atoms with Gasteiger partial charge < -0.3 is 10.0 Å². The molecule has 0 spiro atoms. The first kappa shape index (κ1) is 13.5. The Balaban J connectivity index is 1.76. The Hall–Kier alpha value is -2.43. The van der Waals surface area contributed by atoms with Crippen LogP contribution in [0.2, 0.25) is 0 Å². The highest BCUT2D eigenvalue weighted by Gasteiger charge is 2.27. The van der Waals surface area contributed by atoms with Crippen molar-refractivity contribution in [2.24, 2.45) is 5.92 Å². The number of fused-ring (bicyclic) bond motifs is 1. The molecule has 3 rings (SSSR count). The lowest BCUT2D eigenvalue weighted by molar-refractivity contribution is -0.143. The molecule has 0 aliphatic carbocycles. The molecule has 2 aromatic rings. The quantitative estimate of drug-likeness (QED) is 0.917. The molecule has 0 saturated carbocycles. The van der Waals surface area contributed by atoms with Crippen molar-refractivity contribution in [3.05, 3.63) is 42.2 Å². The van der Waals surface area contributed by atoms with Crippen LogP contribution in [0.3, 0.4) is 0 Å². The molecule has 0 atom stereocenters. The van der Waals surface area contributed by atoms with Crippen LogP contribution in [-0.2, 0) is 4.79 Å². The van der Waals surface area contributed by atoms with Gasteiger partial charge in [0.2, 0.25) is 0 Å². The van der Waals surface area contributed by atoms with E-state index in [2.05, 4.69) is 4.98 Å². The minimum absolute atomic E-state index is 0.0374. The monoisotopic (exact) mass is 284 g/mol. The first-order valence-electron chi connectivity index (χ1n) is 7.01. The van der Waals surface area contributed by atoms with Gasteiger partial charge >= 0.3 is 5.97 Å². The van der Waals surface area contributed by atoms with E-state index < -0.39 is 5.97 Å². The molecule has 1 N–H and O–H groups in total. The van der Waals surface area contributed by atoms with Crippen LogP contribution in [0.15, 0.2) is 36.7 Å². The molecule has 1 fully saturated rings. The van der Waals surface area contributed by atoms with Gasteiger partial charge in [-0.05, 0) is 36.4 Å². The number of piperidine rings is 1. The van der Waals surface area contributed by atoms with E-state index in [0.717, 1.165) is 10.8 Å².